The highest BCUT2D eigenvalue weighted by molar-refractivity contribution is 5.98. The molecule has 0 aliphatic carbocycles. The fourth-order valence-corrected chi connectivity index (χ4v) is 3.07. The number of likely N-dealkylation sites (N-methyl/N-ethyl adjacent to an activating group) is 2. The Morgan fingerprint density at radius 3 is 2.69 bits per heavy atom. The summed E-state index contributed by atoms with van der Waals surface area (Å²) in [6, 6.07) is 3.85. The van der Waals surface area contributed by atoms with Crippen LogP contribution in [0.5, 0.6) is 0 Å². The predicted octanol–water partition coefficient (Wildman–Crippen LogP) is 1.61. The van der Waals surface area contributed by atoms with Crippen LogP contribution in [0.2, 0.25) is 0 Å². The van der Waals surface area contributed by atoms with Gasteiger partial charge in [-0.15, -0.1) is 12.4 Å². The molecule has 1 aliphatic rings. The van der Waals surface area contributed by atoms with Crippen molar-refractivity contribution in [2.75, 3.05) is 33.7 Å². The van der Waals surface area contributed by atoms with Gasteiger partial charge < -0.3 is 15.1 Å². The van der Waals surface area contributed by atoms with Gasteiger partial charge in [-0.3, -0.25) is 19.7 Å². The van der Waals surface area contributed by atoms with E-state index < -0.39 is 11.0 Å². The monoisotopic (exact) mass is 384 g/mol. The van der Waals surface area contributed by atoms with Crippen molar-refractivity contribution < 1.29 is 14.5 Å². The topological polar surface area (TPSA) is 95.8 Å². The number of nitro benzene ring substituents is 1. The molecule has 0 radical (unpaired) electrons. The Kier molecular flexibility index (Phi) is 7.98. The molecule has 1 unspecified atom stereocenters. The standard InChI is InChI=1S/C17H24N4O4.ClH/c1-12-11-13(6-7-14(12)21(24)25)16(22)20-9-4-5-15(20)17(23)19(3)10-8-18-2;/h6-7,11,15,18H,4-5,8-10H2,1-3H3;1H. The smallest absolute Gasteiger partial charge is 0.272 e. The number of carbonyl (C=O) groups excluding carboxylic acids is 2. The molecule has 1 heterocycles. The highest BCUT2D eigenvalue weighted by Gasteiger charge is 2.36. The van der Waals surface area contributed by atoms with Crippen LogP contribution in [0.1, 0.15) is 28.8 Å². The number of hydrogen-bond donors (Lipinski definition) is 1. The fraction of sp³-hybridized carbons (Fsp3) is 0.529. The molecule has 8 nitrogen and oxygen atoms in total. The Morgan fingerprint density at radius 1 is 1.42 bits per heavy atom. The first-order chi connectivity index (χ1) is 11.9. The Labute approximate surface area is 159 Å². The fourth-order valence-electron chi connectivity index (χ4n) is 3.07. The Balaban J connectivity index is 0.00000338. The van der Waals surface area contributed by atoms with Gasteiger partial charge in [-0.1, -0.05) is 0 Å². The zero-order valence-corrected chi connectivity index (χ0v) is 16.0. The van der Waals surface area contributed by atoms with E-state index >= 15 is 0 Å². The average Bonchev–Trinajstić information content (AvgIpc) is 3.07. The SMILES string of the molecule is CNCCN(C)C(=O)C1CCCN1C(=O)c1ccc([N+](=O)[O-])c(C)c1.Cl. The van der Waals surface area contributed by atoms with Crippen LogP contribution in [0, 0.1) is 17.0 Å². The molecular formula is C17H25ClN4O4. The number of aryl methyl sites for hydroxylation is 1. The zero-order valence-electron chi connectivity index (χ0n) is 15.2. The van der Waals surface area contributed by atoms with Gasteiger partial charge >= 0.3 is 0 Å². The highest BCUT2D eigenvalue weighted by atomic mass is 35.5. The first kappa shape index (κ1) is 21.9. The molecule has 0 saturated carbocycles. The molecule has 1 N–H and O–H groups in total. The largest absolute Gasteiger partial charge is 0.343 e. The quantitative estimate of drug-likeness (QED) is 0.593. The van der Waals surface area contributed by atoms with Crippen molar-refractivity contribution >= 4 is 29.9 Å². The second-order valence-electron chi connectivity index (χ2n) is 6.28. The normalized spacial score (nSPS) is 16.1. The molecule has 1 atom stereocenters. The number of halogens is 1. The van der Waals surface area contributed by atoms with Crippen molar-refractivity contribution in [2.45, 2.75) is 25.8 Å². The maximum absolute atomic E-state index is 12.8. The van der Waals surface area contributed by atoms with Gasteiger partial charge in [0.1, 0.15) is 6.04 Å². The van der Waals surface area contributed by atoms with Crippen LogP contribution in [0.25, 0.3) is 0 Å². The summed E-state index contributed by atoms with van der Waals surface area (Å²) in [5.74, 6) is -0.324. The van der Waals surface area contributed by atoms with E-state index in [0.717, 1.165) is 6.42 Å². The average molecular weight is 385 g/mol. The van der Waals surface area contributed by atoms with Gasteiger partial charge in [0.05, 0.1) is 4.92 Å². The third-order valence-corrected chi connectivity index (χ3v) is 4.51. The van der Waals surface area contributed by atoms with Gasteiger partial charge in [-0.05, 0) is 38.9 Å². The molecule has 0 bridgehead atoms. The summed E-state index contributed by atoms with van der Waals surface area (Å²) >= 11 is 0. The van der Waals surface area contributed by atoms with Gasteiger partial charge in [0.15, 0.2) is 0 Å². The summed E-state index contributed by atoms with van der Waals surface area (Å²) in [5.41, 5.74) is 0.794. The maximum atomic E-state index is 12.8. The Bertz CT molecular complexity index is 683. The van der Waals surface area contributed by atoms with Gasteiger partial charge in [0.2, 0.25) is 5.91 Å². The van der Waals surface area contributed by atoms with Gasteiger partial charge in [0.25, 0.3) is 11.6 Å². The van der Waals surface area contributed by atoms with Crippen molar-refractivity contribution in [2.24, 2.45) is 0 Å². The van der Waals surface area contributed by atoms with Crippen molar-refractivity contribution in [3.8, 4) is 0 Å². The number of rotatable bonds is 6. The lowest BCUT2D eigenvalue weighted by atomic mass is 10.1. The van der Waals surface area contributed by atoms with Crippen molar-refractivity contribution in [1.82, 2.24) is 15.1 Å². The third kappa shape index (κ3) is 4.70. The maximum Gasteiger partial charge on any atom is 0.272 e. The number of hydrogen-bond acceptors (Lipinski definition) is 5. The third-order valence-electron chi connectivity index (χ3n) is 4.51. The van der Waals surface area contributed by atoms with E-state index in [9.17, 15) is 19.7 Å². The second kappa shape index (κ2) is 9.49. The molecular weight excluding hydrogens is 360 g/mol. The number of nitrogens with zero attached hydrogens (tertiary/aromatic N) is 3. The molecule has 144 valence electrons. The van der Waals surface area contributed by atoms with Crippen molar-refractivity contribution in [1.29, 1.82) is 0 Å². The number of likely N-dealkylation sites (tertiary alicyclic amines) is 1. The molecule has 0 spiro atoms. The van der Waals surface area contributed by atoms with Crippen molar-refractivity contribution in [3.05, 3.63) is 39.4 Å². The van der Waals surface area contributed by atoms with E-state index in [4.69, 9.17) is 0 Å². The van der Waals surface area contributed by atoms with Crippen LogP contribution in [0.15, 0.2) is 18.2 Å². The molecule has 1 fully saturated rings. The zero-order chi connectivity index (χ0) is 18.6. The number of nitrogens with one attached hydrogen (secondary N) is 1. The van der Waals surface area contributed by atoms with E-state index in [-0.39, 0.29) is 29.9 Å². The van der Waals surface area contributed by atoms with Crippen LogP contribution in [-0.4, -0.2) is 66.3 Å². The van der Waals surface area contributed by atoms with Gasteiger partial charge in [-0.2, -0.15) is 0 Å². The first-order valence-electron chi connectivity index (χ1n) is 8.32. The van der Waals surface area contributed by atoms with E-state index in [1.54, 1.807) is 23.8 Å². The summed E-state index contributed by atoms with van der Waals surface area (Å²) in [6.07, 6.45) is 1.41. The van der Waals surface area contributed by atoms with Gasteiger partial charge in [-0.25, -0.2) is 0 Å². The minimum atomic E-state index is -0.470. The lowest BCUT2D eigenvalue weighted by Gasteiger charge is -2.28. The minimum absolute atomic E-state index is 0. The van der Waals surface area contributed by atoms with Crippen molar-refractivity contribution in [3.63, 3.8) is 0 Å². The summed E-state index contributed by atoms with van der Waals surface area (Å²) in [5, 5.41) is 13.9. The number of amides is 2. The minimum Gasteiger partial charge on any atom is -0.343 e. The van der Waals surface area contributed by atoms with E-state index in [2.05, 4.69) is 5.32 Å². The Hall–Kier alpha value is -2.19. The van der Waals surface area contributed by atoms with Crippen LogP contribution in [-0.2, 0) is 4.79 Å². The van der Waals surface area contributed by atoms with E-state index in [1.807, 2.05) is 7.05 Å². The second-order valence-corrected chi connectivity index (χ2v) is 6.28. The number of benzene rings is 1. The summed E-state index contributed by atoms with van der Waals surface area (Å²) in [7, 11) is 3.55. The summed E-state index contributed by atoms with van der Waals surface area (Å²) < 4.78 is 0. The molecule has 26 heavy (non-hydrogen) atoms. The number of carbonyl (C=O) groups is 2. The molecule has 1 aromatic rings. The van der Waals surface area contributed by atoms with Crippen LogP contribution in [0.3, 0.4) is 0 Å². The lowest BCUT2D eigenvalue weighted by Crippen LogP contribution is -2.47. The molecule has 1 saturated heterocycles. The van der Waals surface area contributed by atoms with Crippen LogP contribution in [0.4, 0.5) is 5.69 Å². The predicted molar refractivity (Wildman–Crippen MR) is 101 cm³/mol. The molecule has 9 heteroatoms. The summed E-state index contributed by atoms with van der Waals surface area (Å²) in [6.45, 7) is 3.38. The molecule has 1 aliphatic heterocycles. The van der Waals surface area contributed by atoms with Gasteiger partial charge in [0, 0.05) is 43.9 Å². The summed E-state index contributed by atoms with van der Waals surface area (Å²) in [4.78, 5) is 39.1. The van der Waals surface area contributed by atoms with Crippen LogP contribution >= 0.6 is 12.4 Å². The molecule has 0 aromatic heterocycles. The van der Waals surface area contributed by atoms with E-state index in [0.29, 0.717) is 37.2 Å². The molecule has 2 amide bonds. The van der Waals surface area contributed by atoms with Crippen LogP contribution < -0.4 is 5.32 Å². The molecule has 1 aromatic carbocycles. The first-order valence-corrected chi connectivity index (χ1v) is 8.32. The highest BCUT2D eigenvalue weighted by Crippen LogP contribution is 2.24. The number of nitro groups is 1. The Morgan fingerprint density at radius 2 is 2.12 bits per heavy atom. The molecule has 2 rings (SSSR count). The van der Waals surface area contributed by atoms with E-state index in [1.165, 1.54) is 18.2 Å². The lowest BCUT2D eigenvalue weighted by molar-refractivity contribution is -0.385.